The summed E-state index contributed by atoms with van der Waals surface area (Å²) in [6, 6.07) is 14.8. The van der Waals surface area contributed by atoms with Gasteiger partial charge in [-0.05, 0) is 57.6 Å². The molecule has 0 bridgehead atoms. The number of hydrogen-bond acceptors (Lipinski definition) is 2. The van der Waals surface area contributed by atoms with Crippen LogP contribution in [-0.4, -0.2) is 37.0 Å². The predicted molar refractivity (Wildman–Crippen MR) is 97.8 cm³/mol. The molecular formula is C21H24N2O. The lowest BCUT2D eigenvalue weighted by Crippen LogP contribution is -2.47. The van der Waals surface area contributed by atoms with Crippen molar-refractivity contribution in [3.05, 3.63) is 64.7 Å². The van der Waals surface area contributed by atoms with E-state index in [9.17, 15) is 4.79 Å². The first kappa shape index (κ1) is 15.4. The number of anilines is 1. The first-order valence-corrected chi connectivity index (χ1v) is 8.74. The molecule has 1 fully saturated rings. The molecule has 1 saturated heterocycles. The van der Waals surface area contributed by atoms with Crippen molar-refractivity contribution in [1.82, 2.24) is 4.90 Å². The van der Waals surface area contributed by atoms with Gasteiger partial charge in [0.15, 0.2) is 0 Å². The lowest BCUT2D eigenvalue weighted by atomic mass is 9.88. The van der Waals surface area contributed by atoms with E-state index in [1.165, 1.54) is 16.7 Å². The van der Waals surface area contributed by atoms with Crippen molar-refractivity contribution in [1.29, 1.82) is 0 Å². The molecule has 24 heavy (non-hydrogen) atoms. The quantitative estimate of drug-likeness (QED) is 0.799. The van der Waals surface area contributed by atoms with E-state index in [4.69, 9.17) is 0 Å². The molecule has 2 aromatic rings. The van der Waals surface area contributed by atoms with Gasteiger partial charge >= 0.3 is 0 Å². The van der Waals surface area contributed by atoms with Gasteiger partial charge in [-0.3, -0.25) is 4.79 Å². The summed E-state index contributed by atoms with van der Waals surface area (Å²) in [6.45, 7) is 6.26. The molecule has 2 atom stereocenters. The minimum atomic E-state index is 0.136. The van der Waals surface area contributed by atoms with Crippen molar-refractivity contribution >= 4 is 11.6 Å². The molecule has 1 amide bonds. The average Bonchev–Trinajstić information content (AvgIpc) is 2.88. The molecule has 2 aromatic carbocycles. The topological polar surface area (TPSA) is 23.6 Å². The van der Waals surface area contributed by atoms with Gasteiger partial charge in [0.05, 0.1) is 0 Å². The molecule has 4 rings (SSSR count). The maximum absolute atomic E-state index is 13.3. The first-order chi connectivity index (χ1) is 11.5. The maximum atomic E-state index is 13.3. The van der Waals surface area contributed by atoms with E-state index in [-0.39, 0.29) is 11.9 Å². The number of aryl methyl sites for hydroxylation is 2. The van der Waals surface area contributed by atoms with Gasteiger partial charge in [0.1, 0.15) is 0 Å². The van der Waals surface area contributed by atoms with E-state index in [1.807, 2.05) is 24.3 Å². The van der Waals surface area contributed by atoms with Crippen molar-refractivity contribution in [3.63, 3.8) is 0 Å². The monoisotopic (exact) mass is 320 g/mol. The van der Waals surface area contributed by atoms with Crippen LogP contribution in [0.5, 0.6) is 0 Å². The highest BCUT2D eigenvalue weighted by molar-refractivity contribution is 6.08. The highest BCUT2D eigenvalue weighted by atomic mass is 16.2. The van der Waals surface area contributed by atoms with Gasteiger partial charge in [-0.2, -0.15) is 0 Å². The molecule has 0 aromatic heterocycles. The summed E-state index contributed by atoms with van der Waals surface area (Å²) >= 11 is 0. The summed E-state index contributed by atoms with van der Waals surface area (Å²) in [6.07, 6.45) is 1.03. The third-order valence-corrected chi connectivity index (χ3v) is 5.47. The number of likely N-dealkylation sites (N-methyl/N-ethyl adjacent to an activating group) is 1. The molecule has 0 spiro atoms. The molecule has 124 valence electrons. The van der Waals surface area contributed by atoms with E-state index < -0.39 is 0 Å². The molecule has 2 unspecified atom stereocenters. The second kappa shape index (κ2) is 5.75. The number of amides is 1. The fourth-order valence-electron chi connectivity index (χ4n) is 4.18. The van der Waals surface area contributed by atoms with Crippen molar-refractivity contribution in [2.24, 2.45) is 0 Å². The van der Waals surface area contributed by atoms with Gasteiger partial charge in [-0.15, -0.1) is 0 Å². The Labute approximate surface area is 143 Å². The third-order valence-electron chi connectivity index (χ3n) is 5.47. The molecule has 3 heteroatoms. The molecule has 3 nitrogen and oxygen atoms in total. The number of hydrogen-bond donors (Lipinski definition) is 0. The van der Waals surface area contributed by atoms with Gasteiger partial charge in [0.2, 0.25) is 0 Å². The first-order valence-electron chi connectivity index (χ1n) is 8.74. The van der Waals surface area contributed by atoms with Gasteiger partial charge in [0, 0.05) is 29.8 Å². The number of rotatable bonds is 1. The standard InChI is InChI=1S/C21H24N2O/c1-14-4-7-16(8-5-14)21(24)23-19-9-6-15(2)12-17(19)18-13-22(3)11-10-20(18)23/h4-9,12,18,20H,10-11,13H2,1-3H3. The third kappa shape index (κ3) is 2.44. The van der Waals surface area contributed by atoms with Crippen LogP contribution in [-0.2, 0) is 0 Å². The Kier molecular flexibility index (Phi) is 3.69. The zero-order valence-corrected chi connectivity index (χ0v) is 14.6. The minimum Gasteiger partial charge on any atom is -0.306 e. The van der Waals surface area contributed by atoms with E-state index in [0.29, 0.717) is 5.92 Å². The summed E-state index contributed by atoms with van der Waals surface area (Å²) < 4.78 is 0. The minimum absolute atomic E-state index is 0.136. The van der Waals surface area contributed by atoms with E-state index >= 15 is 0 Å². The van der Waals surface area contributed by atoms with Gasteiger partial charge < -0.3 is 9.80 Å². The van der Waals surface area contributed by atoms with E-state index in [0.717, 1.165) is 30.8 Å². The second-order valence-electron chi connectivity index (χ2n) is 7.33. The molecule has 0 aliphatic carbocycles. The number of carbonyl (C=O) groups is 1. The van der Waals surface area contributed by atoms with Crippen molar-refractivity contribution in [2.75, 3.05) is 25.0 Å². The Balaban J connectivity index is 1.77. The largest absolute Gasteiger partial charge is 0.306 e. The van der Waals surface area contributed by atoms with Crippen molar-refractivity contribution in [2.45, 2.75) is 32.2 Å². The zero-order valence-electron chi connectivity index (χ0n) is 14.6. The highest BCUT2D eigenvalue weighted by Crippen LogP contribution is 2.45. The summed E-state index contributed by atoms with van der Waals surface area (Å²) in [5.74, 6) is 0.560. The van der Waals surface area contributed by atoms with Crippen LogP contribution in [0.1, 0.15) is 39.4 Å². The number of carbonyl (C=O) groups excluding carboxylic acids is 1. The second-order valence-corrected chi connectivity index (χ2v) is 7.33. The van der Waals surface area contributed by atoms with Gasteiger partial charge in [-0.1, -0.05) is 35.4 Å². The summed E-state index contributed by atoms with van der Waals surface area (Å²) in [4.78, 5) is 17.7. The maximum Gasteiger partial charge on any atom is 0.258 e. The van der Waals surface area contributed by atoms with Crippen LogP contribution >= 0.6 is 0 Å². The summed E-state index contributed by atoms with van der Waals surface area (Å²) in [5, 5.41) is 0. The Morgan fingerprint density at radius 2 is 1.75 bits per heavy atom. The van der Waals surface area contributed by atoms with Crippen LogP contribution in [0.4, 0.5) is 5.69 Å². The molecule has 0 saturated carbocycles. The Morgan fingerprint density at radius 3 is 2.50 bits per heavy atom. The van der Waals surface area contributed by atoms with Crippen LogP contribution in [0.25, 0.3) is 0 Å². The molecular weight excluding hydrogens is 296 g/mol. The number of fused-ring (bicyclic) bond motifs is 3. The lowest BCUT2D eigenvalue weighted by Gasteiger charge is -2.36. The van der Waals surface area contributed by atoms with Crippen LogP contribution in [0, 0.1) is 13.8 Å². The van der Waals surface area contributed by atoms with Crippen LogP contribution < -0.4 is 4.90 Å². The summed E-state index contributed by atoms with van der Waals surface area (Å²) in [5.41, 5.74) is 5.68. The number of nitrogens with zero attached hydrogens (tertiary/aromatic N) is 2. The van der Waals surface area contributed by atoms with Crippen molar-refractivity contribution < 1.29 is 4.79 Å². The van der Waals surface area contributed by atoms with E-state index in [2.05, 4.69) is 48.9 Å². The molecule has 2 aliphatic heterocycles. The van der Waals surface area contributed by atoms with Crippen molar-refractivity contribution in [3.8, 4) is 0 Å². The fraction of sp³-hybridized carbons (Fsp3) is 0.381. The number of piperidine rings is 1. The smallest absolute Gasteiger partial charge is 0.258 e. The van der Waals surface area contributed by atoms with Crippen LogP contribution in [0.15, 0.2) is 42.5 Å². The number of likely N-dealkylation sites (tertiary alicyclic amines) is 1. The average molecular weight is 320 g/mol. The molecule has 0 N–H and O–H groups in total. The Morgan fingerprint density at radius 1 is 1.04 bits per heavy atom. The molecule has 2 heterocycles. The summed E-state index contributed by atoms with van der Waals surface area (Å²) in [7, 11) is 2.18. The molecule has 0 radical (unpaired) electrons. The van der Waals surface area contributed by atoms with Gasteiger partial charge in [-0.25, -0.2) is 0 Å². The van der Waals surface area contributed by atoms with Gasteiger partial charge in [0.25, 0.3) is 5.91 Å². The zero-order chi connectivity index (χ0) is 16.8. The lowest BCUT2D eigenvalue weighted by molar-refractivity contribution is 0.0964. The van der Waals surface area contributed by atoms with E-state index in [1.54, 1.807) is 0 Å². The fourth-order valence-corrected chi connectivity index (χ4v) is 4.18. The van der Waals surface area contributed by atoms with Crippen LogP contribution in [0.3, 0.4) is 0 Å². The normalized spacial score (nSPS) is 23.0. The highest BCUT2D eigenvalue weighted by Gasteiger charge is 2.43. The Bertz CT molecular complexity index is 781. The predicted octanol–water partition coefficient (Wildman–Crippen LogP) is 3.75. The SMILES string of the molecule is Cc1ccc(C(=O)N2c3ccc(C)cc3C3CN(C)CCC32)cc1. The van der Waals surface area contributed by atoms with Crippen LogP contribution in [0.2, 0.25) is 0 Å². The number of benzene rings is 2. The Hall–Kier alpha value is -2.13. The molecule has 2 aliphatic rings.